The summed E-state index contributed by atoms with van der Waals surface area (Å²) >= 11 is 5.96. The number of amides is 2. The predicted molar refractivity (Wildman–Crippen MR) is 122 cm³/mol. The largest absolute Gasteiger partial charge is 0.461 e. The Bertz CT molecular complexity index is 1160. The molecule has 1 unspecified atom stereocenters. The predicted octanol–water partition coefficient (Wildman–Crippen LogP) is 2.42. The lowest BCUT2D eigenvalue weighted by molar-refractivity contribution is 0.107. The van der Waals surface area contributed by atoms with Crippen molar-refractivity contribution in [2.45, 2.75) is 49.4 Å². The minimum Gasteiger partial charge on any atom is -0.461 e. The zero-order valence-electron chi connectivity index (χ0n) is 18.6. The van der Waals surface area contributed by atoms with Crippen LogP contribution in [-0.4, -0.2) is 82.5 Å². The number of carbonyl (C=O) groups is 1. The number of rotatable bonds is 4. The molecule has 6 heterocycles. The Kier molecular flexibility index (Phi) is 5.18. The van der Waals surface area contributed by atoms with Crippen molar-refractivity contribution in [2.75, 3.05) is 44.2 Å². The quantitative estimate of drug-likeness (QED) is 0.631. The van der Waals surface area contributed by atoms with Crippen LogP contribution in [0, 0.1) is 5.82 Å². The summed E-state index contributed by atoms with van der Waals surface area (Å²) in [5.74, 6) is -0.251. The summed E-state index contributed by atoms with van der Waals surface area (Å²) in [5, 5.41) is 6.01. The first-order valence-electron chi connectivity index (χ1n) is 11.7. The molecule has 2 aromatic heterocycles. The van der Waals surface area contributed by atoms with Gasteiger partial charge in [0, 0.05) is 38.8 Å². The molecule has 1 spiro atoms. The number of halogens is 3. The first kappa shape index (κ1) is 22.0. The van der Waals surface area contributed by atoms with Gasteiger partial charge in [0.15, 0.2) is 11.0 Å². The van der Waals surface area contributed by atoms with E-state index < -0.39 is 17.5 Å². The zero-order chi connectivity index (χ0) is 23.5. The maximum absolute atomic E-state index is 15.0. The van der Waals surface area contributed by atoms with Gasteiger partial charge in [0.1, 0.15) is 24.1 Å². The van der Waals surface area contributed by atoms with Gasteiger partial charge in [-0.1, -0.05) is 11.6 Å². The third kappa shape index (κ3) is 3.60. The molecule has 0 bridgehead atoms. The van der Waals surface area contributed by atoms with E-state index in [1.54, 1.807) is 0 Å². The van der Waals surface area contributed by atoms with E-state index in [9.17, 15) is 13.6 Å². The summed E-state index contributed by atoms with van der Waals surface area (Å²) in [6.45, 7) is 3.19. The monoisotopic (exact) mass is 493 g/mol. The van der Waals surface area contributed by atoms with Gasteiger partial charge in [0.05, 0.1) is 16.5 Å². The number of hydrogen-bond donors (Lipinski definition) is 2. The van der Waals surface area contributed by atoms with Gasteiger partial charge in [-0.25, -0.2) is 18.6 Å². The van der Waals surface area contributed by atoms with Gasteiger partial charge in [0.25, 0.3) is 0 Å². The van der Waals surface area contributed by atoms with E-state index in [2.05, 4.69) is 30.5 Å². The number of nitrogens with zero attached hydrogens (tertiary/aromatic N) is 5. The highest BCUT2D eigenvalue weighted by atomic mass is 35.5. The number of piperidine rings is 1. The smallest absolute Gasteiger partial charge is 0.319 e. The molecule has 2 amide bonds. The van der Waals surface area contributed by atoms with Crippen LogP contribution < -0.4 is 20.3 Å². The van der Waals surface area contributed by atoms with Crippen molar-refractivity contribution in [3.8, 4) is 6.01 Å². The molecule has 4 saturated heterocycles. The lowest BCUT2D eigenvalue weighted by Gasteiger charge is -2.40. The van der Waals surface area contributed by atoms with E-state index in [1.165, 1.54) is 6.20 Å². The Hall–Kier alpha value is -2.53. The third-order valence-corrected chi connectivity index (χ3v) is 7.94. The second kappa shape index (κ2) is 8.01. The topological polar surface area (TPSA) is 95.5 Å². The van der Waals surface area contributed by atoms with Gasteiger partial charge in [-0.3, -0.25) is 4.90 Å². The summed E-state index contributed by atoms with van der Waals surface area (Å²) in [7, 11) is 0. The number of nitrogens with one attached hydrogen (secondary N) is 2. The van der Waals surface area contributed by atoms with Crippen LogP contribution in [0.4, 0.5) is 19.4 Å². The Labute approximate surface area is 200 Å². The Morgan fingerprint density at radius 2 is 2.12 bits per heavy atom. The molecule has 0 radical (unpaired) electrons. The molecule has 12 heteroatoms. The maximum Gasteiger partial charge on any atom is 0.319 e. The van der Waals surface area contributed by atoms with Gasteiger partial charge < -0.3 is 20.3 Å². The zero-order valence-corrected chi connectivity index (χ0v) is 19.4. The normalized spacial score (nSPS) is 31.2. The van der Waals surface area contributed by atoms with Crippen LogP contribution in [0.5, 0.6) is 6.01 Å². The number of anilines is 1. The summed E-state index contributed by atoms with van der Waals surface area (Å²) in [6.07, 6.45) is 4.50. The van der Waals surface area contributed by atoms with Crippen LogP contribution in [0.15, 0.2) is 6.20 Å². The van der Waals surface area contributed by atoms with Crippen LogP contribution in [0.25, 0.3) is 10.9 Å². The molecule has 9 nitrogen and oxygen atoms in total. The van der Waals surface area contributed by atoms with Gasteiger partial charge in [-0.05, 0) is 32.2 Å². The third-order valence-electron chi connectivity index (χ3n) is 7.67. The van der Waals surface area contributed by atoms with Crippen LogP contribution in [0.1, 0.15) is 32.1 Å². The number of hydrogen-bond acceptors (Lipinski definition) is 7. The molecule has 182 valence electrons. The molecule has 0 aliphatic carbocycles. The molecular weight excluding hydrogens is 468 g/mol. The summed E-state index contributed by atoms with van der Waals surface area (Å²) < 4.78 is 35.2. The number of ether oxygens (including phenoxy) is 1. The molecule has 4 aliphatic heterocycles. The highest BCUT2D eigenvalue weighted by Crippen LogP contribution is 2.41. The van der Waals surface area contributed by atoms with E-state index in [1.807, 2.05) is 4.90 Å². The lowest BCUT2D eigenvalue weighted by Crippen LogP contribution is -2.56. The summed E-state index contributed by atoms with van der Waals surface area (Å²) in [5.41, 5.74) is -0.764. The van der Waals surface area contributed by atoms with Gasteiger partial charge >= 0.3 is 12.0 Å². The molecule has 4 aliphatic rings. The molecular formula is C22H26ClF2N7O2. The van der Waals surface area contributed by atoms with Crippen LogP contribution in [0.2, 0.25) is 5.15 Å². The minimum atomic E-state index is -0.876. The lowest BCUT2D eigenvalue weighted by atomic mass is 9.90. The van der Waals surface area contributed by atoms with E-state index in [4.69, 9.17) is 16.3 Å². The van der Waals surface area contributed by atoms with Gasteiger partial charge in [-0.2, -0.15) is 9.97 Å². The van der Waals surface area contributed by atoms with E-state index in [0.717, 1.165) is 32.2 Å². The molecule has 2 aromatic rings. The fraction of sp³-hybridized carbons (Fsp3) is 0.636. The van der Waals surface area contributed by atoms with Crippen molar-refractivity contribution in [1.82, 2.24) is 30.5 Å². The molecule has 0 saturated carbocycles. The molecule has 2 N–H and O–H groups in total. The van der Waals surface area contributed by atoms with Crippen molar-refractivity contribution in [3.63, 3.8) is 0 Å². The second-order valence-electron chi connectivity index (χ2n) is 9.93. The average Bonchev–Trinajstić information content (AvgIpc) is 3.46. The first-order valence-corrected chi connectivity index (χ1v) is 12.1. The van der Waals surface area contributed by atoms with E-state index in [0.29, 0.717) is 43.8 Å². The Morgan fingerprint density at radius 1 is 1.26 bits per heavy atom. The Balaban J connectivity index is 1.35. The van der Waals surface area contributed by atoms with Gasteiger partial charge in [-0.15, -0.1) is 0 Å². The van der Waals surface area contributed by atoms with E-state index in [-0.39, 0.29) is 34.9 Å². The van der Waals surface area contributed by atoms with Crippen LogP contribution >= 0.6 is 11.6 Å². The molecule has 34 heavy (non-hydrogen) atoms. The highest BCUT2D eigenvalue weighted by Gasteiger charge is 2.49. The van der Waals surface area contributed by atoms with Crippen molar-refractivity contribution < 1.29 is 18.3 Å². The molecule has 4 fully saturated rings. The standard InChI is InChI=1S/C22H26ClF2N7O2/c23-17-15(25)16-14(8-26-17)18(31-5-1-3-21(11-31)10-27-19(33)30-21)29-20(28-16)34-12-22-4-2-6-32(22)9-13(24)7-22/h8,13H,1-7,9-12H2,(H2,27,30,33)/t13-,21?,22+/m1/s1. The van der Waals surface area contributed by atoms with Crippen molar-refractivity contribution in [1.29, 1.82) is 0 Å². The van der Waals surface area contributed by atoms with Crippen LogP contribution in [0.3, 0.4) is 0 Å². The summed E-state index contributed by atoms with van der Waals surface area (Å²) in [6, 6.07) is -0.165. The second-order valence-corrected chi connectivity index (χ2v) is 10.3. The highest BCUT2D eigenvalue weighted by molar-refractivity contribution is 6.30. The first-order chi connectivity index (χ1) is 16.4. The van der Waals surface area contributed by atoms with Crippen molar-refractivity contribution in [2.24, 2.45) is 0 Å². The molecule has 0 aromatic carbocycles. The average molecular weight is 494 g/mol. The van der Waals surface area contributed by atoms with E-state index >= 15 is 0 Å². The number of aromatic nitrogens is 3. The molecule has 6 rings (SSSR count). The fourth-order valence-electron chi connectivity index (χ4n) is 6.09. The summed E-state index contributed by atoms with van der Waals surface area (Å²) in [4.78, 5) is 28.9. The van der Waals surface area contributed by atoms with Crippen molar-refractivity contribution >= 4 is 34.4 Å². The van der Waals surface area contributed by atoms with Crippen molar-refractivity contribution in [3.05, 3.63) is 17.2 Å². The molecule has 3 atom stereocenters. The van der Waals surface area contributed by atoms with Crippen LogP contribution in [-0.2, 0) is 0 Å². The number of urea groups is 1. The fourth-order valence-corrected chi connectivity index (χ4v) is 6.23. The number of pyridine rings is 1. The maximum atomic E-state index is 15.0. The van der Waals surface area contributed by atoms with Gasteiger partial charge in [0.2, 0.25) is 0 Å². The SMILES string of the molecule is O=C1NCC2(CCCN(c3nc(OC[C@@]45CCCN4C[C@H](F)C5)nc4c(F)c(Cl)ncc34)C2)N1. The number of alkyl halides is 1. The Morgan fingerprint density at radius 3 is 2.94 bits per heavy atom. The number of carbonyl (C=O) groups excluding carboxylic acids is 1. The minimum absolute atomic E-state index is 0.0282. The number of fused-ring (bicyclic) bond motifs is 2.